The molecule has 1 aliphatic rings. The Morgan fingerprint density at radius 1 is 0.845 bits per heavy atom. The van der Waals surface area contributed by atoms with Gasteiger partial charge < -0.3 is 50.9 Å². The van der Waals surface area contributed by atoms with Crippen molar-refractivity contribution in [2.45, 2.75) is 109 Å². The maximum Gasteiger partial charge on any atom is 0.481 e. The summed E-state index contributed by atoms with van der Waals surface area (Å²) in [5.74, 6) is -1.11. The molecule has 10 N–H and O–H groups in total. The van der Waals surface area contributed by atoms with E-state index >= 15 is 0 Å². The van der Waals surface area contributed by atoms with Crippen LogP contribution in [0.4, 0.5) is 5.82 Å². The van der Waals surface area contributed by atoms with E-state index in [1.165, 1.54) is 13.8 Å². The number of phosphoric acid groups is 3. The predicted molar refractivity (Wildman–Crippen MR) is 265 cm³/mol. The highest BCUT2D eigenvalue weighted by Gasteiger charge is 2.50. The van der Waals surface area contributed by atoms with Crippen LogP contribution in [0, 0.1) is 5.41 Å². The van der Waals surface area contributed by atoms with Crippen LogP contribution in [-0.4, -0.2) is 123 Å². The number of carbonyl (C=O) groups excluding carboxylic acids is 3. The second-order valence-corrected chi connectivity index (χ2v) is 21.6. The van der Waals surface area contributed by atoms with E-state index < -0.39 is 84.6 Å². The number of aliphatic hydroxyl groups excluding tert-OH is 2. The lowest BCUT2D eigenvalue weighted by Gasteiger charge is -2.30. The number of nitrogen functional groups attached to an aromatic ring is 1. The molecule has 2 aromatic rings. The number of fused-ring (bicyclic) bond motifs is 1. The van der Waals surface area contributed by atoms with Gasteiger partial charge in [-0.2, -0.15) is 4.31 Å². The monoisotopic (exact) mass is 1080 g/mol. The number of thioether (sulfide) groups is 1. The molecule has 71 heavy (non-hydrogen) atoms. The molecular weight excluding hydrogens is 1010 g/mol. The van der Waals surface area contributed by atoms with Gasteiger partial charge in [-0.15, -0.1) is 0 Å². The van der Waals surface area contributed by atoms with E-state index in [1.807, 2.05) is 12.2 Å². The Morgan fingerprint density at radius 3 is 2.01 bits per heavy atom. The number of rotatable bonds is 33. The number of hydrogen-bond donors (Lipinski definition) is 9. The molecule has 1 fully saturated rings. The Morgan fingerprint density at radius 2 is 1.42 bits per heavy atom. The zero-order valence-electron chi connectivity index (χ0n) is 39.7. The van der Waals surface area contributed by atoms with Crippen LogP contribution in [0.3, 0.4) is 0 Å². The summed E-state index contributed by atoms with van der Waals surface area (Å²) < 4.78 is 62.4. The average molecular weight is 1080 g/mol. The van der Waals surface area contributed by atoms with Crippen LogP contribution < -0.4 is 16.4 Å². The number of amides is 2. The second-order valence-electron chi connectivity index (χ2n) is 16.2. The van der Waals surface area contributed by atoms with Crippen LogP contribution in [-0.2, 0) is 50.7 Å². The number of nitrogens with two attached hydrogens (primary N) is 1. The molecule has 0 radical (unpaired) electrons. The van der Waals surface area contributed by atoms with Crippen molar-refractivity contribution in [1.29, 1.82) is 0 Å². The quantitative estimate of drug-likeness (QED) is 0.0254. The number of aromatic nitrogens is 4. The van der Waals surface area contributed by atoms with E-state index in [0.717, 1.165) is 67.5 Å². The van der Waals surface area contributed by atoms with Gasteiger partial charge in [-0.25, -0.2) is 28.6 Å². The number of nitrogens with one attached hydrogen (secondary N) is 2. The molecular formula is C43H66N7O17P3S. The Hall–Kier alpha value is -4.00. The van der Waals surface area contributed by atoms with Crippen LogP contribution in [0.25, 0.3) is 11.2 Å². The normalized spacial score (nSPS) is 20.3. The first-order chi connectivity index (χ1) is 33.6. The molecule has 2 amide bonds. The van der Waals surface area contributed by atoms with Crippen molar-refractivity contribution >= 4 is 69.1 Å². The van der Waals surface area contributed by atoms with E-state index in [4.69, 9.17) is 19.5 Å². The van der Waals surface area contributed by atoms with Crippen molar-refractivity contribution in [2.24, 2.45) is 5.41 Å². The fourth-order valence-electron chi connectivity index (χ4n) is 6.21. The first kappa shape index (κ1) is 61.3. The van der Waals surface area contributed by atoms with E-state index in [2.05, 4.69) is 102 Å². The Bertz CT molecular complexity index is 2360. The van der Waals surface area contributed by atoms with Crippen molar-refractivity contribution in [3.05, 3.63) is 85.6 Å². The zero-order chi connectivity index (χ0) is 52.5. The summed E-state index contributed by atoms with van der Waals surface area (Å²) in [6.45, 7) is 2.61. The summed E-state index contributed by atoms with van der Waals surface area (Å²) in [4.78, 5) is 88.4. The standard InChI is InChI=1S/C43H66N7O17P3S/c1-4-5-6-7-8-9-10-11-12-13-14-15-16-17-18-19-20-21-22-23-34(52)71-27-26-45-33(51)24-25-46-41(55)38(54)43(2,3)29-64-70(61,62)67-69(59,60)63-28-32-37(66-68(56,57)58)36(53)42(65-32)50-31-49-35-39(44)47-30-48-40(35)50/h5-6,8-9,11-12,14-15,17-18,20-21,30-32,36-38,42,53-54H,4,7,10,13,16,19,22-29H2,1-3H3,(H,45,51)(H,46,55)(H,59,60)(H,61,62)(H2,44,47,48)(H2,56,57,58)/b6-5+,9-8+,12-11+,15-14+,18-17+,21-20+/t32-,36-,37-,38+,42-/m1/s1. The van der Waals surface area contributed by atoms with Crippen molar-refractivity contribution in [3.63, 3.8) is 0 Å². The SMILES string of the molecule is CC/C=C/C/C=C/C/C=C/C/C=C/C/C=C/C/C=C/CCC(=O)SCCNC(=O)CCNC(=O)[C@H](O)C(C)(C)COP(=O)(O)OP(=O)(O)OC[C@H]1O[C@@H](n2cnc3c(N)ncnc32)[C@H](O)[C@@H]1OP(=O)(O)O. The number of hydrogen-bond acceptors (Lipinski definition) is 18. The van der Waals surface area contributed by atoms with Gasteiger partial charge in [-0.3, -0.25) is 32.5 Å². The third kappa shape index (κ3) is 23.6. The summed E-state index contributed by atoms with van der Waals surface area (Å²) in [5, 5.41) is 26.6. The van der Waals surface area contributed by atoms with Crippen molar-refractivity contribution in [3.8, 4) is 0 Å². The van der Waals surface area contributed by atoms with Gasteiger partial charge in [-0.05, 0) is 44.9 Å². The molecule has 1 aliphatic heterocycles. The summed E-state index contributed by atoms with van der Waals surface area (Å²) in [5.41, 5.74) is 4.27. The van der Waals surface area contributed by atoms with Gasteiger partial charge in [0, 0.05) is 37.1 Å². The van der Waals surface area contributed by atoms with Crippen LogP contribution in [0.2, 0.25) is 0 Å². The first-order valence-corrected chi connectivity index (χ1v) is 28.0. The third-order valence-electron chi connectivity index (χ3n) is 9.88. The zero-order valence-corrected chi connectivity index (χ0v) is 43.2. The summed E-state index contributed by atoms with van der Waals surface area (Å²) in [6, 6.07) is 0. The highest BCUT2D eigenvalue weighted by molar-refractivity contribution is 8.13. The third-order valence-corrected chi connectivity index (χ3v) is 13.9. The largest absolute Gasteiger partial charge is 0.481 e. The Kier molecular flexibility index (Phi) is 26.7. The number of phosphoric ester groups is 3. The molecule has 0 spiro atoms. The lowest BCUT2D eigenvalue weighted by atomic mass is 9.87. The second kappa shape index (κ2) is 30.9. The van der Waals surface area contributed by atoms with Crippen LogP contribution in [0.15, 0.2) is 85.6 Å². The molecule has 396 valence electrons. The van der Waals surface area contributed by atoms with Crippen LogP contribution in [0.5, 0.6) is 0 Å². The number of anilines is 1. The van der Waals surface area contributed by atoms with Gasteiger partial charge in [0.2, 0.25) is 11.8 Å². The summed E-state index contributed by atoms with van der Waals surface area (Å²) in [6.07, 6.45) is 24.9. The molecule has 24 nitrogen and oxygen atoms in total. The van der Waals surface area contributed by atoms with Gasteiger partial charge in [-0.1, -0.05) is 105 Å². The van der Waals surface area contributed by atoms with Gasteiger partial charge in [0.25, 0.3) is 0 Å². The smallest absolute Gasteiger partial charge is 0.386 e. The fraction of sp³-hybridized carbons (Fsp3) is 0.535. The molecule has 28 heteroatoms. The van der Waals surface area contributed by atoms with Gasteiger partial charge >= 0.3 is 23.5 Å². The predicted octanol–water partition coefficient (Wildman–Crippen LogP) is 5.14. The molecule has 1 saturated heterocycles. The van der Waals surface area contributed by atoms with Crippen LogP contribution in [0.1, 0.15) is 84.8 Å². The maximum atomic E-state index is 12.7. The minimum Gasteiger partial charge on any atom is -0.386 e. The lowest BCUT2D eigenvalue weighted by Crippen LogP contribution is -2.46. The minimum atomic E-state index is -5.58. The summed E-state index contributed by atoms with van der Waals surface area (Å²) >= 11 is 1.09. The molecule has 0 bridgehead atoms. The maximum absolute atomic E-state index is 12.7. The van der Waals surface area contributed by atoms with E-state index in [1.54, 1.807) is 0 Å². The molecule has 3 heterocycles. The van der Waals surface area contributed by atoms with Gasteiger partial charge in [0.15, 0.2) is 22.8 Å². The number of carbonyl (C=O) groups is 3. The summed E-state index contributed by atoms with van der Waals surface area (Å²) in [7, 11) is -16.4. The highest BCUT2D eigenvalue weighted by atomic mass is 32.2. The van der Waals surface area contributed by atoms with Gasteiger partial charge in [0.1, 0.15) is 36.3 Å². The van der Waals surface area contributed by atoms with Crippen LogP contribution >= 0.6 is 35.2 Å². The Balaban J connectivity index is 1.29. The molecule has 0 aromatic carbocycles. The van der Waals surface area contributed by atoms with Crippen molar-refractivity contribution in [1.82, 2.24) is 30.2 Å². The molecule has 7 atom stereocenters. The lowest BCUT2D eigenvalue weighted by molar-refractivity contribution is -0.137. The minimum absolute atomic E-state index is 0.0179. The molecule has 2 aromatic heterocycles. The van der Waals surface area contributed by atoms with E-state index in [9.17, 15) is 57.9 Å². The van der Waals surface area contributed by atoms with Crippen molar-refractivity contribution < 1.29 is 80.5 Å². The molecule has 3 rings (SSSR count). The Labute approximate surface area is 416 Å². The topological polar surface area (TPSA) is 364 Å². The van der Waals surface area contributed by atoms with Gasteiger partial charge in [0.05, 0.1) is 19.5 Å². The van der Waals surface area contributed by atoms with Crippen molar-refractivity contribution in [2.75, 3.05) is 37.8 Å². The van der Waals surface area contributed by atoms with E-state index in [0.29, 0.717) is 18.6 Å². The number of ether oxygens (including phenoxy) is 1. The first-order valence-electron chi connectivity index (χ1n) is 22.5. The number of imidazole rings is 1. The molecule has 0 saturated carbocycles. The average Bonchev–Trinajstić information content (AvgIpc) is 3.86. The fourth-order valence-corrected chi connectivity index (χ4v) is 9.73. The molecule has 0 aliphatic carbocycles. The highest BCUT2D eigenvalue weighted by Crippen LogP contribution is 2.61. The molecule has 2 unspecified atom stereocenters. The number of allylic oxidation sites excluding steroid dienone is 12. The number of nitrogens with zero attached hydrogens (tertiary/aromatic N) is 4. The number of aliphatic hydroxyl groups is 2. The van der Waals surface area contributed by atoms with E-state index in [-0.39, 0.29) is 41.6 Å².